The number of nitrogens with two attached hydrogens (primary N) is 1. The highest BCUT2D eigenvalue weighted by Crippen LogP contribution is 2.23. The number of rotatable bonds is 3. The van der Waals surface area contributed by atoms with E-state index in [1.54, 1.807) is 17.1 Å². The van der Waals surface area contributed by atoms with Crippen LogP contribution in [0.3, 0.4) is 0 Å². The Labute approximate surface area is 102 Å². The van der Waals surface area contributed by atoms with Crippen molar-refractivity contribution in [3.63, 3.8) is 0 Å². The van der Waals surface area contributed by atoms with Crippen LogP contribution in [0.4, 0.5) is 0 Å². The molecule has 1 amide bonds. The van der Waals surface area contributed by atoms with Gasteiger partial charge >= 0.3 is 0 Å². The zero-order chi connectivity index (χ0) is 12.4. The molecule has 0 aliphatic carbocycles. The van der Waals surface area contributed by atoms with Crippen LogP contribution in [0, 0.1) is 0 Å². The van der Waals surface area contributed by atoms with Crippen molar-refractivity contribution in [2.45, 2.75) is 38.3 Å². The highest BCUT2D eigenvalue weighted by Gasteiger charge is 2.31. The highest BCUT2D eigenvalue weighted by molar-refractivity contribution is 5.83. The van der Waals surface area contributed by atoms with Gasteiger partial charge in [-0.2, -0.15) is 5.10 Å². The molecule has 1 aromatic rings. The van der Waals surface area contributed by atoms with Crippen molar-refractivity contribution in [3.05, 3.63) is 18.0 Å². The van der Waals surface area contributed by atoms with Gasteiger partial charge in [-0.3, -0.25) is 9.48 Å². The molecule has 2 heterocycles. The molecule has 1 aromatic heterocycles. The molecule has 5 nitrogen and oxygen atoms in total. The van der Waals surface area contributed by atoms with E-state index in [4.69, 9.17) is 5.73 Å². The predicted octanol–water partition coefficient (Wildman–Crippen LogP) is 0.821. The van der Waals surface area contributed by atoms with Crippen LogP contribution in [0.15, 0.2) is 12.4 Å². The monoisotopic (exact) mass is 236 g/mol. The molecule has 2 rings (SSSR count). The van der Waals surface area contributed by atoms with E-state index in [1.165, 1.54) is 0 Å². The van der Waals surface area contributed by atoms with Gasteiger partial charge in [0.05, 0.1) is 6.20 Å². The summed E-state index contributed by atoms with van der Waals surface area (Å²) in [4.78, 5) is 14.2. The van der Waals surface area contributed by atoms with Crippen molar-refractivity contribution in [2.24, 2.45) is 12.8 Å². The number of carbonyl (C=O) groups excluding carboxylic acids is 1. The largest absolute Gasteiger partial charge is 0.338 e. The third-order valence-corrected chi connectivity index (χ3v) is 3.48. The second-order valence-corrected chi connectivity index (χ2v) is 4.66. The Morgan fingerprint density at radius 3 is 3.06 bits per heavy atom. The Bertz CT molecular complexity index is 401. The summed E-state index contributed by atoms with van der Waals surface area (Å²) >= 11 is 0. The lowest BCUT2D eigenvalue weighted by atomic mass is 10.1. The molecule has 5 heteroatoms. The molecule has 2 unspecified atom stereocenters. The SMILES string of the molecule is CCC1CCCN1C(=O)C(N)c1cnn(C)c1. The minimum atomic E-state index is -0.573. The van der Waals surface area contributed by atoms with Crippen LogP contribution in [0.25, 0.3) is 0 Å². The second-order valence-electron chi connectivity index (χ2n) is 4.66. The summed E-state index contributed by atoms with van der Waals surface area (Å²) in [7, 11) is 1.82. The maximum atomic E-state index is 12.3. The van der Waals surface area contributed by atoms with Crippen LogP contribution in [0.5, 0.6) is 0 Å². The molecule has 1 aliphatic rings. The molecule has 1 saturated heterocycles. The lowest BCUT2D eigenvalue weighted by Gasteiger charge is -2.26. The molecule has 17 heavy (non-hydrogen) atoms. The van der Waals surface area contributed by atoms with Crippen LogP contribution >= 0.6 is 0 Å². The summed E-state index contributed by atoms with van der Waals surface area (Å²) in [5, 5.41) is 4.05. The molecule has 1 fully saturated rings. The molecular weight excluding hydrogens is 216 g/mol. The van der Waals surface area contributed by atoms with Crippen LogP contribution in [0.2, 0.25) is 0 Å². The number of aryl methyl sites for hydroxylation is 1. The van der Waals surface area contributed by atoms with Crippen molar-refractivity contribution in [3.8, 4) is 0 Å². The fourth-order valence-electron chi connectivity index (χ4n) is 2.47. The second kappa shape index (κ2) is 4.87. The van der Waals surface area contributed by atoms with Gasteiger partial charge in [-0.15, -0.1) is 0 Å². The van der Waals surface area contributed by atoms with Gasteiger partial charge in [0.2, 0.25) is 5.91 Å². The molecule has 0 aromatic carbocycles. The van der Waals surface area contributed by atoms with Crippen LogP contribution in [-0.2, 0) is 11.8 Å². The molecule has 0 radical (unpaired) electrons. The summed E-state index contributed by atoms with van der Waals surface area (Å²) in [5.41, 5.74) is 6.80. The number of carbonyl (C=O) groups is 1. The average Bonchev–Trinajstić information content (AvgIpc) is 2.95. The third-order valence-electron chi connectivity index (χ3n) is 3.48. The minimum Gasteiger partial charge on any atom is -0.338 e. The maximum Gasteiger partial charge on any atom is 0.244 e. The van der Waals surface area contributed by atoms with Gasteiger partial charge in [0.25, 0.3) is 0 Å². The first-order chi connectivity index (χ1) is 8.13. The first-order valence-corrected chi connectivity index (χ1v) is 6.18. The minimum absolute atomic E-state index is 0.0300. The van der Waals surface area contributed by atoms with Crippen molar-refractivity contribution < 1.29 is 4.79 Å². The fraction of sp³-hybridized carbons (Fsp3) is 0.667. The molecule has 2 atom stereocenters. The standard InChI is InChI=1S/C12H20N4O/c1-3-10-5-4-6-16(10)12(17)11(13)9-7-14-15(2)8-9/h7-8,10-11H,3-6,13H2,1-2H3. The Morgan fingerprint density at radius 2 is 2.47 bits per heavy atom. The van der Waals surface area contributed by atoms with Crippen LogP contribution in [-0.4, -0.2) is 33.2 Å². The topological polar surface area (TPSA) is 64.2 Å². The molecule has 94 valence electrons. The molecule has 0 bridgehead atoms. The highest BCUT2D eigenvalue weighted by atomic mass is 16.2. The zero-order valence-electron chi connectivity index (χ0n) is 10.5. The molecule has 1 aliphatic heterocycles. The van der Waals surface area contributed by atoms with Crippen LogP contribution in [0.1, 0.15) is 37.8 Å². The number of likely N-dealkylation sites (tertiary alicyclic amines) is 1. The molecule has 2 N–H and O–H groups in total. The van der Waals surface area contributed by atoms with Gasteiger partial charge in [0.1, 0.15) is 6.04 Å². The smallest absolute Gasteiger partial charge is 0.244 e. The number of nitrogens with zero attached hydrogens (tertiary/aromatic N) is 3. The lowest BCUT2D eigenvalue weighted by Crippen LogP contribution is -2.41. The van der Waals surface area contributed by atoms with E-state index < -0.39 is 6.04 Å². The number of hydrogen-bond donors (Lipinski definition) is 1. The fourth-order valence-corrected chi connectivity index (χ4v) is 2.47. The summed E-state index contributed by atoms with van der Waals surface area (Å²) in [5.74, 6) is 0.0300. The first kappa shape index (κ1) is 12.1. The third kappa shape index (κ3) is 2.34. The van der Waals surface area contributed by atoms with Gasteiger partial charge in [0.15, 0.2) is 0 Å². The van der Waals surface area contributed by atoms with E-state index in [0.717, 1.165) is 31.4 Å². The van der Waals surface area contributed by atoms with Crippen molar-refractivity contribution in [1.29, 1.82) is 0 Å². The van der Waals surface area contributed by atoms with Crippen molar-refractivity contribution in [2.75, 3.05) is 6.54 Å². The number of amides is 1. The Kier molecular flexibility index (Phi) is 3.47. The lowest BCUT2D eigenvalue weighted by molar-refractivity contribution is -0.133. The zero-order valence-corrected chi connectivity index (χ0v) is 10.5. The van der Waals surface area contributed by atoms with E-state index in [9.17, 15) is 4.79 Å². The van der Waals surface area contributed by atoms with Crippen molar-refractivity contribution >= 4 is 5.91 Å². The summed E-state index contributed by atoms with van der Waals surface area (Å²) in [6.45, 7) is 2.96. The quantitative estimate of drug-likeness (QED) is 0.845. The number of aromatic nitrogens is 2. The summed E-state index contributed by atoms with van der Waals surface area (Å²) in [6.07, 6.45) is 6.66. The predicted molar refractivity (Wildman–Crippen MR) is 65.2 cm³/mol. The average molecular weight is 236 g/mol. The Balaban J connectivity index is 2.09. The van der Waals surface area contributed by atoms with Gasteiger partial charge in [-0.25, -0.2) is 0 Å². The van der Waals surface area contributed by atoms with E-state index in [-0.39, 0.29) is 5.91 Å². The molecule has 0 spiro atoms. The maximum absolute atomic E-state index is 12.3. The summed E-state index contributed by atoms with van der Waals surface area (Å²) < 4.78 is 1.67. The van der Waals surface area contributed by atoms with Gasteiger partial charge in [-0.1, -0.05) is 6.92 Å². The molecular formula is C12H20N4O. The normalized spacial score (nSPS) is 21.8. The van der Waals surface area contributed by atoms with Gasteiger partial charge < -0.3 is 10.6 Å². The van der Waals surface area contributed by atoms with E-state index in [2.05, 4.69) is 12.0 Å². The van der Waals surface area contributed by atoms with E-state index in [0.29, 0.717) is 6.04 Å². The van der Waals surface area contributed by atoms with Crippen LogP contribution < -0.4 is 5.73 Å². The van der Waals surface area contributed by atoms with E-state index in [1.807, 2.05) is 11.9 Å². The Hall–Kier alpha value is -1.36. The first-order valence-electron chi connectivity index (χ1n) is 6.18. The van der Waals surface area contributed by atoms with Gasteiger partial charge in [0, 0.05) is 31.4 Å². The van der Waals surface area contributed by atoms with Crippen molar-refractivity contribution in [1.82, 2.24) is 14.7 Å². The number of hydrogen-bond acceptors (Lipinski definition) is 3. The van der Waals surface area contributed by atoms with Gasteiger partial charge in [-0.05, 0) is 19.3 Å². The Morgan fingerprint density at radius 1 is 1.71 bits per heavy atom. The van der Waals surface area contributed by atoms with E-state index >= 15 is 0 Å². The molecule has 0 saturated carbocycles. The summed E-state index contributed by atoms with van der Waals surface area (Å²) in [6, 6.07) is -0.207.